The third-order valence-electron chi connectivity index (χ3n) is 6.79. The van der Waals surface area contributed by atoms with Crippen LogP contribution in [0, 0.1) is 5.82 Å². The zero-order chi connectivity index (χ0) is 25.4. The quantitative estimate of drug-likeness (QED) is 0.383. The van der Waals surface area contributed by atoms with Crippen LogP contribution in [0.3, 0.4) is 0 Å². The van der Waals surface area contributed by atoms with Crippen LogP contribution >= 0.6 is 0 Å². The maximum atomic E-state index is 14.5. The van der Waals surface area contributed by atoms with E-state index in [1.165, 1.54) is 19.2 Å². The molecule has 1 atom stereocenters. The number of benzene rings is 2. The number of fused-ring (bicyclic) bond motifs is 1. The number of rotatable bonds is 5. The van der Waals surface area contributed by atoms with Crippen LogP contribution in [0.1, 0.15) is 29.2 Å². The van der Waals surface area contributed by atoms with Crippen molar-refractivity contribution in [3.05, 3.63) is 78.5 Å². The number of halogens is 1. The van der Waals surface area contributed by atoms with E-state index >= 15 is 0 Å². The number of piperidine rings is 1. The molecule has 1 N–H and O–H groups in total. The molecule has 3 aromatic heterocycles. The number of methoxy groups -OCH3 is 1. The minimum Gasteiger partial charge on any atom is -0.496 e. The smallest absolute Gasteiger partial charge is 0.260 e. The molecule has 1 amide bonds. The number of nitrogens with zero attached hydrogens (tertiary/aromatic N) is 6. The number of nitrogens with one attached hydrogen (secondary N) is 1. The van der Waals surface area contributed by atoms with Gasteiger partial charge in [-0.1, -0.05) is 17.3 Å². The number of carbonyl (C=O) groups excluding carboxylic acids is 1. The van der Waals surface area contributed by atoms with Gasteiger partial charge in [0.2, 0.25) is 0 Å². The second kappa shape index (κ2) is 9.45. The maximum Gasteiger partial charge on any atom is 0.260 e. The van der Waals surface area contributed by atoms with E-state index in [0.717, 1.165) is 46.3 Å². The number of H-pyrrole nitrogens is 1. The molecule has 2 aromatic carbocycles. The van der Waals surface area contributed by atoms with E-state index in [0.29, 0.717) is 13.1 Å². The Morgan fingerprint density at radius 1 is 1.14 bits per heavy atom. The van der Waals surface area contributed by atoms with Gasteiger partial charge in [-0.3, -0.25) is 14.9 Å². The molecule has 0 spiro atoms. The normalized spacial score (nSPS) is 15.7. The third-order valence-corrected chi connectivity index (χ3v) is 6.79. The lowest BCUT2D eigenvalue weighted by molar-refractivity contribution is 0.0663. The number of aromatic amines is 1. The van der Waals surface area contributed by atoms with Crippen LogP contribution in [-0.2, 0) is 0 Å². The number of pyridine rings is 1. The van der Waals surface area contributed by atoms with Gasteiger partial charge < -0.3 is 9.64 Å². The van der Waals surface area contributed by atoms with Gasteiger partial charge in [0, 0.05) is 42.0 Å². The molecular weight excluding hydrogens is 473 g/mol. The van der Waals surface area contributed by atoms with Crippen LogP contribution in [0.15, 0.2) is 67.1 Å². The van der Waals surface area contributed by atoms with Gasteiger partial charge in [-0.2, -0.15) is 5.10 Å². The first-order valence-electron chi connectivity index (χ1n) is 12.0. The van der Waals surface area contributed by atoms with Gasteiger partial charge in [0.25, 0.3) is 5.91 Å². The standard InChI is InChI=1S/C27H24FN7O2/c1-37-24-6-2-5-21(28)25(24)27(36)34-13-3-4-19(15-34)35-16-23(31-33-35)18-7-8-22-20(14-18)26(32-30-22)17-9-11-29-12-10-17/h2,5-12,14,16,19H,3-4,13,15H2,1H3,(H,30,32). The molecule has 10 heteroatoms. The summed E-state index contributed by atoms with van der Waals surface area (Å²) in [5.41, 5.74) is 4.34. The second-order valence-corrected chi connectivity index (χ2v) is 9.02. The summed E-state index contributed by atoms with van der Waals surface area (Å²) in [7, 11) is 1.43. The third kappa shape index (κ3) is 4.20. The summed E-state index contributed by atoms with van der Waals surface area (Å²) in [4.78, 5) is 18.9. The first-order chi connectivity index (χ1) is 18.1. The van der Waals surface area contributed by atoms with Crippen LogP contribution < -0.4 is 4.74 Å². The summed E-state index contributed by atoms with van der Waals surface area (Å²) in [6, 6.07) is 14.2. The highest BCUT2D eigenvalue weighted by molar-refractivity contribution is 5.97. The van der Waals surface area contributed by atoms with Crippen molar-refractivity contribution in [2.24, 2.45) is 0 Å². The molecule has 0 saturated carbocycles. The van der Waals surface area contributed by atoms with E-state index in [2.05, 4.69) is 25.5 Å². The van der Waals surface area contributed by atoms with Crippen LogP contribution in [-0.4, -0.2) is 61.2 Å². The van der Waals surface area contributed by atoms with Crippen molar-refractivity contribution in [3.63, 3.8) is 0 Å². The lowest BCUT2D eigenvalue weighted by Crippen LogP contribution is -2.41. The number of hydrogen-bond donors (Lipinski definition) is 1. The van der Waals surface area contributed by atoms with Gasteiger partial charge in [0.15, 0.2) is 0 Å². The van der Waals surface area contributed by atoms with Crippen molar-refractivity contribution in [3.8, 4) is 28.3 Å². The fourth-order valence-electron chi connectivity index (χ4n) is 4.89. The van der Waals surface area contributed by atoms with Crippen molar-refractivity contribution in [2.75, 3.05) is 20.2 Å². The minimum atomic E-state index is -0.588. The lowest BCUT2D eigenvalue weighted by Gasteiger charge is -2.33. The molecule has 4 heterocycles. The summed E-state index contributed by atoms with van der Waals surface area (Å²) < 4.78 is 21.6. The second-order valence-electron chi connectivity index (χ2n) is 9.02. The zero-order valence-corrected chi connectivity index (χ0v) is 20.1. The Bertz CT molecular complexity index is 1580. The van der Waals surface area contributed by atoms with E-state index in [1.807, 2.05) is 36.5 Å². The molecule has 6 rings (SSSR count). The number of carbonyl (C=O) groups is 1. The molecule has 186 valence electrons. The molecule has 37 heavy (non-hydrogen) atoms. The van der Waals surface area contributed by atoms with E-state index in [9.17, 15) is 9.18 Å². The predicted molar refractivity (Wildman–Crippen MR) is 135 cm³/mol. The lowest BCUT2D eigenvalue weighted by atomic mass is 10.0. The Morgan fingerprint density at radius 3 is 2.84 bits per heavy atom. The molecule has 1 saturated heterocycles. The Morgan fingerprint density at radius 2 is 2.00 bits per heavy atom. The van der Waals surface area contributed by atoms with Crippen molar-refractivity contribution in [1.29, 1.82) is 0 Å². The average Bonchev–Trinajstić information content (AvgIpc) is 3.61. The zero-order valence-electron chi connectivity index (χ0n) is 20.1. The first-order valence-corrected chi connectivity index (χ1v) is 12.0. The summed E-state index contributed by atoms with van der Waals surface area (Å²) in [6.45, 7) is 0.954. The Labute approximate surface area is 211 Å². The molecule has 0 bridgehead atoms. The molecule has 5 aromatic rings. The van der Waals surface area contributed by atoms with Crippen LogP contribution in [0.25, 0.3) is 33.4 Å². The maximum absolute atomic E-state index is 14.5. The topological polar surface area (TPSA) is 102 Å². The number of amides is 1. The molecular formula is C27H24FN7O2. The fraction of sp³-hybridized carbons (Fsp3) is 0.222. The fourth-order valence-corrected chi connectivity index (χ4v) is 4.89. The van der Waals surface area contributed by atoms with Gasteiger partial charge in [-0.05, 0) is 49.2 Å². The molecule has 1 aliphatic heterocycles. The summed E-state index contributed by atoms with van der Waals surface area (Å²) in [6.07, 6.45) is 7.00. The van der Waals surface area contributed by atoms with E-state index < -0.39 is 5.82 Å². The highest BCUT2D eigenvalue weighted by Gasteiger charge is 2.29. The Balaban J connectivity index is 1.25. The minimum absolute atomic E-state index is 0.0386. The molecule has 1 aliphatic rings. The van der Waals surface area contributed by atoms with Gasteiger partial charge in [0.1, 0.15) is 28.5 Å². The number of likely N-dealkylation sites (tertiary alicyclic amines) is 1. The van der Waals surface area contributed by atoms with Gasteiger partial charge in [-0.15, -0.1) is 5.10 Å². The van der Waals surface area contributed by atoms with Gasteiger partial charge in [-0.25, -0.2) is 9.07 Å². The molecule has 1 unspecified atom stereocenters. The van der Waals surface area contributed by atoms with E-state index in [-0.39, 0.29) is 23.3 Å². The highest BCUT2D eigenvalue weighted by Crippen LogP contribution is 2.31. The van der Waals surface area contributed by atoms with Crippen LogP contribution in [0.2, 0.25) is 0 Å². The molecule has 0 radical (unpaired) electrons. The average molecular weight is 498 g/mol. The van der Waals surface area contributed by atoms with Crippen LogP contribution in [0.5, 0.6) is 5.75 Å². The predicted octanol–water partition coefficient (Wildman–Crippen LogP) is 4.51. The van der Waals surface area contributed by atoms with Crippen LogP contribution in [0.4, 0.5) is 4.39 Å². The molecule has 0 aliphatic carbocycles. The summed E-state index contributed by atoms with van der Waals surface area (Å²) >= 11 is 0. The first kappa shape index (κ1) is 22.8. The number of aromatic nitrogens is 6. The van der Waals surface area contributed by atoms with Crippen molar-refractivity contribution >= 4 is 16.8 Å². The van der Waals surface area contributed by atoms with E-state index in [1.54, 1.807) is 28.0 Å². The van der Waals surface area contributed by atoms with Crippen molar-refractivity contribution in [1.82, 2.24) is 35.1 Å². The van der Waals surface area contributed by atoms with Gasteiger partial charge in [0.05, 0.1) is 24.9 Å². The molecule has 1 fully saturated rings. The van der Waals surface area contributed by atoms with Crippen molar-refractivity contribution < 1.29 is 13.9 Å². The summed E-state index contributed by atoms with van der Waals surface area (Å²) in [5, 5.41) is 17.3. The highest BCUT2D eigenvalue weighted by atomic mass is 19.1. The Hall–Kier alpha value is -4.60. The Kier molecular flexibility index (Phi) is 5.84. The SMILES string of the molecule is COc1cccc(F)c1C(=O)N1CCCC(n2cc(-c3ccc4[nH]nc(-c5ccncc5)c4c3)nn2)C1. The summed E-state index contributed by atoms with van der Waals surface area (Å²) in [5.74, 6) is -0.736. The van der Waals surface area contributed by atoms with Crippen molar-refractivity contribution in [2.45, 2.75) is 18.9 Å². The number of ether oxygens (including phenoxy) is 1. The van der Waals surface area contributed by atoms with E-state index in [4.69, 9.17) is 4.74 Å². The largest absolute Gasteiger partial charge is 0.496 e. The number of hydrogen-bond acceptors (Lipinski definition) is 6. The monoisotopic (exact) mass is 497 g/mol. The van der Waals surface area contributed by atoms with Gasteiger partial charge >= 0.3 is 0 Å². The molecule has 9 nitrogen and oxygen atoms in total.